The van der Waals surface area contributed by atoms with E-state index in [4.69, 9.17) is 4.74 Å². The van der Waals surface area contributed by atoms with Crippen molar-refractivity contribution in [1.82, 2.24) is 0 Å². The van der Waals surface area contributed by atoms with Gasteiger partial charge in [-0.05, 0) is 18.1 Å². The minimum Gasteiger partial charge on any atom is -0.372 e. The van der Waals surface area contributed by atoms with E-state index in [2.05, 4.69) is 41.6 Å². The van der Waals surface area contributed by atoms with Crippen molar-refractivity contribution in [2.45, 2.75) is 6.92 Å². The molecule has 0 aliphatic heterocycles. The molecule has 0 aliphatic carbocycles. The molecule has 15 heavy (non-hydrogen) atoms. The third-order valence-corrected chi connectivity index (χ3v) is 2.90. The normalized spacial score (nSPS) is 12.1. The van der Waals surface area contributed by atoms with Crippen molar-refractivity contribution in [2.24, 2.45) is 0 Å². The van der Waals surface area contributed by atoms with Crippen LogP contribution in [0.25, 0.3) is 5.57 Å². The van der Waals surface area contributed by atoms with Crippen LogP contribution in [0.4, 0.5) is 0 Å². The number of benzene rings is 1. The Labute approximate surface area is 99.6 Å². The Kier molecular flexibility index (Phi) is 5.37. The number of allylic oxidation sites excluding steroid dienone is 1. The van der Waals surface area contributed by atoms with Gasteiger partial charge in [0.25, 0.3) is 0 Å². The molecule has 0 atom stereocenters. The van der Waals surface area contributed by atoms with Crippen molar-refractivity contribution >= 4 is 21.5 Å². The van der Waals surface area contributed by atoms with Gasteiger partial charge in [-0.3, -0.25) is 0 Å². The van der Waals surface area contributed by atoms with E-state index in [1.54, 1.807) is 6.08 Å². The summed E-state index contributed by atoms with van der Waals surface area (Å²) in [7, 11) is 0. The van der Waals surface area contributed by atoms with E-state index in [9.17, 15) is 0 Å². The van der Waals surface area contributed by atoms with Crippen LogP contribution in [0.1, 0.15) is 12.5 Å². The first-order chi connectivity index (χ1) is 7.25. The van der Waals surface area contributed by atoms with Gasteiger partial charge in [0.1, 0.15) is 0 Å². The first-order valence-corrected chi connectivity index (χ1v) is 5.64. The fourth-order valence-corrected chi connectivity index (χ4v) is 1.58. The zero-order chi connectivity index (χ0) is 11.1. The maximum absolute atomic E-state index is 5.36. The third-order valence-electron chi connectivity index (χ3n) is 2.08. The van der Waals surface area contributed by atoms with E-state index >= 15 is 0 Å². The maximum Gasteiger partial charge on any atom is 0.0788 e. The molecule has 0 bridgehead atoms. The van der Waals surface area contributed by atoms with Gasteiger partial charge in [-0.15, -0.1) is 6.58 Å². The molecule has 1 nitrogen and oxygen atoms in total. The SMILES string of the molecule is C=CCOC/C(Br)=C(/C)c1ccccc1. The molecule has 0 saturated carbocycles. The summed E-state index contributed by atoms with van der Waals surface area (Å²) >= 11 is 3.53. The summed E-state index contributed by atoms with van der Waals surface area (Å²) in [6.45, 7) is 6.85. The minimum atomic E-state index is 0.581. The van der Waals surface area contributed by atoms with E-state index in [-0.39, 0.29) is 0 Å². The van der Waals surface area contributed by atoms with Gasteiger partial charge in [-0.2, -0.15) is 0 Å². The molecule has 2 heteroatoms. The molecule has 0 unspecified atom stereocenters. The van der Waals surface area contributed by atoms with Gasteiger partial charge < -0.3 is 4.74 Å². The van der Waals surface area contributed by atoms with Crippen LogP contribution in [0.5, 0.6) is 0 Å². The zero-order valence-electron chi connectivity index (χ0n) is 8.87. The standard InChI is InChI=1S/C13H15BrO/c1-3-9-15-10-13(14)11(2)12-7-5-4-6-8-12/h3-8H,1,9-10H2,2H3/b13-11+. The smallest absolute Gasteiger partial charge is 0.0788 e. The highest BCUT2D eigenvalue weighted by Crippen LogP contribution is 2.22. The number of hydrogen-bond donors (Lipinski definition) is 0. The third kappa shape index (κ3) is 4.02. The first-order valence-electron chi connectivity index (χ1n) is 4.85. The molecule has 0 fully saturated rings. The first kappa shape index (κ1) is 12.2. The number of rotatable bonds is 5. The molecule has 1 aromatic rings. The predicted molar refractivity (Wildman–Crippen MR) is 69.0 cm³/mol. The molecule has 1 aromatic carbocycles. The van der Waals surface area contributed by atoms with Crippen LogP contribution in [0.2, 0.25) is 0 Å². The van der Waals surface area contributed by atoms with Crippen molar-refractivity contribution < 1.29 is 4.74 Å². The van der Waals surface area contributed by atoms with Crippen LogP contribution >= 0.6 is 15.9 Å². The van der Waals surface area contributed by atoms with Gasteiger partial charge in [0.15, 0.2) is 0 Å². The van der Waals surface area contributed by atoms with Crippen LogP contribution < -0.4 is 0 Å². The van der Waals surface area contributed by atoms with Gasteiger partial charge in [-0.25, -0.2) is 0 Å². The Morgan fingerprint density at radius 3 is 2.67 bits per heavy atom. The highest BCUT2D eigenvalue weighted by molar-refractivity contribution is 9.11. The number of hydrogen-bond acceptors (Lipinski definition) is 1. The van der Waals surface area contributed by atoms with Crippen molar-refractivity contribution in [3.8, 4) is 0 Å². The van der Waals surface area contributed by atoms with E-state index in [0.29, 0.717) is 13.2 Å². The van der Waals surface area contributed by atoms with Crippen LogP contribution in [-0.2, 0) is 4.74 Å². The second-order valence-corrected chi connectivity index (χ2v) is 4.16. The lowest BCUT2D eigenvalue weighted by atomic mass is 10.1. The van der Waals surface area contributed by atoms with Crippen LogP contribution in [0, 0.1) is 0 Å². The van der Waals surface area contributed by atoms with E-state index < -0.39 is 0 Å². The molecule has 0 amide bonds. The highest BCUT2D eigenvalue weighted by atomic mass is 79.9. The molecule has 0 aliphatic rings. The Bertz CT molecular complexity index is 341. The quantitative estimate of drug-likeness (QED) is 0.578. The maximum atomic E-state index is 5.36. The van der Waals surface area contributed by atoms with Gasteiger partial charge in [0.2, 0.25) is 0 Å². The van der Waals surface area contributed by atoms with Crippen molar-refractivity contribution in [3.63, 3.8) is 0 Å². The molecule has 0 radical (unpaired) electrons. The lowest BCUT2D eigenvalue weighted by Gasteiger charge is -2.06. The summed E-state index contributed by atoms with van der Waals surface area (Å²) in [6.07, 6.45) is 1.75. The molecule has 0 spiro atoms. The largest absolute Gasteiger partial charge is 0.372 e. The van der Waals surface area contributed by atoms with Gasteiger partial charge in [0.05, 0.1) is 13.2 Å². The second-order valence-electron chi connectivity index (χ2n) is 3.20. The monoisotopic (exact) mass is 266 g/mol. The number of halogens is 1. The Morgan fingerprint density at radius 1 is 1.40 bits per heavy atom. The summed E-state index contributed by atoms with van der Waals surface area (Å²) in [5.74, 6) is 0. The van der Waals surface area contributed by atoms with Crippen LogP contribution in [0.3, 0.4) is 0 Å². The number of ether oxygens (including phenoxy) is 1. The summed E-state index contributed by atoms with van der Waals surface area (Å²) in [6, 6.07) is 10.3. The lowest BCUT2D eigenvalue weighted by molar-refractivity contribution is 0.193. The highest BCUT2D eigenvalue weighted by Gasteiger charge is 2.01. The Hall–Kier alpha value is -0.860. The molecule has 1 rings (SSSR count). The second kappa shape index (κ2) is 6.59. The topological polar surface area (TPSA) is 9.23 Å². The summed E-state index contributed by atoms with van der Waals surface area (Å²) in [4.78, 5) is 0. The summed E-state index contributed by atoms with van der Waals surface area (Å²) in [5.41, 5.74) is 2.42. The molecule has 0 heterocycles. The van der Waals surface area contributed by atoms with E-state index in [1.807, 2.05) is 18.2 Å². The fourth-order valence-electron chi connectivity index (χ4n) is 1.18. The van der Waals surface area contributed by atoms with Crippen LogP contribution in [-0.4, -0.2) is 13.2 Å². The average Bonchev–Trinajstić information content (AvgIpc) is 2.29. The molecular weight excluding hydrogens is 252 g/mol. The fraction of sp³-hybridized carbons (Fsp3) is 0.231. The van der Waals surface area contributed by atoms with E-state index in [1.165, 1.54) is 11.1 Å². The zero-order valence-corrected chi connectivity index (χ0v) is 10.5. The average molecular weight is 267 g/mol. The van der Waals surface area contributed by atoms with Gasteiger partial charge in [-0.1, -0.05) is 52.3 Å². The Balaban J connectivity index is 2.68. The van der Waals surface area contributed by atoms with E-state index in [0.717, 1.165) is 4.48 Å². The lowest BCUT2D eigenvalue weighted by Crippen LogP contribution is -1.95. The molecule has 0 saturated heterocycles. The molecule has 0 aromatic heterocycles. The summed E-state index contributed by atoms with van der Waals surface area (Å²) in [5, 5.41) is 0. The predicted octanol–water partition coefficient (Wildman–Crippen LogP) is 4.02. The van der Waals surface area contributed by atoms with Gasteiger partial charge in [0, 0.05) is 4.48 Å². The van der Waals surface area contributed by atoms with Crippen molar-refractivity contribution in [3.05, 3.63) is 53.0 Å². The molecule has 0 N–H and O–H groups in total. The molecule has 80 valence electrons. The van der Waals surface area contributed by atoms with Crippen LogP contribution in [0.15, 0.2) is 47.5 Å². The van der Waals surface area contributed by atoms with Crippen molar-refractivity contribution in [2.75, 3.05) is 13.2 Å². The van der Waals surface area contributed by atoms with Crippen molar-refractivity contribution in [1.29, 1.82) is 0 Å². The molecular formula is C13H15BrO. The Morgan fingerprint density at radius 2 is 2.07 bits per heavy atom. The van der Waals surface area contributed by atoms with Gasteiger partial charge >= 0.3 is 0 Å². The summed E-state index contributed by atoms with van der Waals surface area (Å²) < 4.78 is 6.44. The minimum absolute atomic E-state index is 0.581.